The van der Waals surface area contributed by atoms with Crippen molar-refractivity contribution in [2.75, 3.05) is 20.2 Å². The standard InChI is InChI=1S/C20H22BrN3O2/c1-25-19-10-14(20-16-11-22-9-8-17(16)23-24-20)4-7-18(19)26-12-13-2-5-15(21)6-3-13/h2-7,10,16,20,22,24H,8-9,11-12H2,1H3. The molecular formula is C20H22BrN3O2. The van der Waals surface area contributed by atoms with Gasteiger partial charge in [-0.15, -0.1) is 0 Å². The van der Waals surface area contributed by atoms with E-state index in [1.54, 1.807) is 7.11 Å². The van der Waals surface area contributed by atoms with E-state index in [9.17, 15) is 0 Å². The molecule has 2 aromatic carbocycles. The average Bonchev–Trinajstić information content (AvgIpc) is 3.11. The minimum absolute atomic E-state index is 0.187. The molecule has 0 aromatic heterocycles. The maximum absolute atomic E-state index is 5.98. The molecule has 2 aliphatic heterocycles. The minimum Gasteiger partial charge on any atom is -0.493 e. The summed E-state index contributed by atoms with van der Waals surface area (Å²) in [6, 6.07) is 14.5. The fourth-order valence-corrected chi connectivity index (χ4v) is 3.78. The van der Waals surface area contributed by atoms with Gasteiger partial charge in [-0.2, -0.15) is 5.10 Å². The molecule has 2 aliphatic rings. The summed E-state index contributed by atoms with van der Waals surface area (Å²) in [5.41, 5.74) is 6.85. The minimum atomic E-state index is 0.187. The molecule has 0 radical (unpaired) electrons. The number of halogens is 1. The van der Waals surface area contributed by atoms with E-state index < -0.39 is 0 Å². The fraction of sp³-hybridized carbons (Fsp3) is 0.350. The van der Waals surface area contributed by atoms with Crippen molar-refractivity contribution in [3.05, 3.63) is 58.1 Å². The molecule has 2 unspecified atom stereocenters. The van der Waals surface area contributed by atoms with Gasteiger partial charge in [0.1, 0.15) is 6.61 Å². The predicted octanol–water partition coefficient (Wildman–Crippen LogP) is 3.65. The zero-order chi connectivity index (χ0) is 17.9. The zero-order valence-electron chi connectivity index (χ0n) is 14.7. The summed E-state index contributed by atoms with van der Waals surface area (Å²) in [4.78, 5) is 0. The van der Waals surface area contributed by atoms with Crippen molar-refractivity contribution < 1.29 is 9.47 Å². The van der Waals surface area contributed by atoms with Crippen LogP contribution in [0.25, 0.3) is 0 Å². The summed E-state index contributed by atoms with van der Waals surface area (Å²) in [5, 5.41) is 7.99. The summed E-state index contributed by atoms with van der Waals surface area (Å²) in [6.07, 6.45) is 1.01. The van der Waals surface area contributed by atoms with Crippen molar-refractivity contribution in [2.45, 2.75) is 19.1 Å². The number of benzene rings is 2. The number of nitrogens with one attached hydrogen (secondary N) is 2. The Morgan fingerprint density at radius 2 is 2.00 bits per heavy atom. The molecule has 2 heterocycles. The van der Waals surface area contributed by atoms with E-state index >= 15 is 0 Å². The van der Waals surface area contributed by atoms with Crippen LogP contribution in [0.1, 0.15) is 23.6 Å². The lowest BCUT2D eigenvalue weighted by Crippen LogP contribution is -2.38. The lowest BCUT2D eigenvalue weighted by atomic mass is 9.87. The van der Waals surface area contributed by atoms with Gasteiger partial charge >= 0.3 is 0 Å². The molecule has 136 valence electrons. The van der Waals surface area contributed by atoms with Crippen molar-refractivity contribution >= 4 is 21.6 Å². The number of ether oxygens (including phenoxy) is 2. The Kier molecular flexibility index (Phi) is 5.13. The average molecular weight is 416 g/mol. The highest BCUT2D eigenvalue weighted by atomic mass is 79.9. The van der Waals surface area contributed by atoms with Crippen LogP contribution in [0.5, 0.6) is 11.5 Å². The number of nitrogens with zero attached hydrogens (tertiary/aromatic N) is 1. The van der Waals surface area contributed by atoms with Crippen LogP contribution in [-0.2, 0) is 6.61 Å². The second-order valence-corrected chi connectivity index (χ2v) is 7.51. The van der Waals surface area contributed by atoms with Crippen molar-refractivity contribution in [3.8, 4) is 11.5 Å². The highest BCUT2D eigenvalue weighted by molar-refractivity contribution is 9.10. The van der Waals surface area contributed by atoms with Gasteiger partial charge in [0.15, 0.2) is 11.5 Å². The molecule has 5 nitrogen and oxygen atoms in total. The third-order valence-electron chi connectivity index (χ3n) is 4.95. The molecular weight excluding hydrogens is 394 g/mol. The van der Waals surface area contributed by atoms with Gasteiger partial charge in [0.05, 0.1) is 13.2 Å². The van der Waals surface area contributed by atoms with Crippen LogP contribution >= 0.6 is 15.9 Å². The van der Waals surface area contributed by atoms with Crippen LogP contribution in [0.15, 0.2) is 52.0 Å². The number of fused-ring (bicyclic) bond motifs is 1. The number of hydrazone groups is 1. The lowest BCUT2D eigenvalue weighted by Gasteiger charge is -2.25. The second kappa shape index (κ2) is 7.68. The highest BCUT2D eigenvalue weighted by Crippen LogP contribution is 2.36. The molecule has 0 amide bonds. The Hall–Kier alpha value is -2.05. The molecule has 0 bridgehead atoms. The van der Waals surface area contributed by atoms with E-state index in [0.717, 1.165) is 41.0 Å². The zero-order valence-corrected chi connectivity index (χ0v) is 16.3. The summed E-state index contributed by atoms with van der Waals surface area (Å²) in [5.74, 6) is 1.90. The summed E-state index contributed by atoms with van der Waals surface area (Å²) < 4.78 is 12.6. The quantitative estimate of drug-likeness (QED) is 0.782. The van der Waals surface area contributed by atoms with E-state index in [1.165, 1.54) is 11.3 Å². The third-order valence-corrected chi connectivity index (χ3v) is 5.48. The Morgan fingerprint density at radius 1 is 1.15 bits per heavy atom. The molecule has 6 heteroatoms. The second-order valence-electron chi connectivity index (χ2n) is 6.60. The Labute approximate surface area is 161 Å². The first-order chi connectivity index (χ1) is 12.7. The number of methoxy groups -OCH3 is 1. The van der Waals surface area contributed by atoms with Gasteiger partial charge in [0, 0.05) is 35.6 Å². The van der Waals surface area contributed by atoms with E-state index in [4.69, 9.17) is 9.47 Å². The van der Waals surface area contributed by atoms with E-state index in [0.29, 0.717) is 12.5 Å². The molecule has 0 saturated carbocycles. The molecule has 2 atom stereocenters. The maximum Gasteiger partial charge on any atom is 0.161 e. The van der Waals surface area contributed by atoms with Crippen LogP contribution in [0.4, 0.5) is 0 Å². The van der Waals surface area contributed by atoms with Crippen molar-refractivity contribution in [1.29, 1.82) is 0 Å². The molecule has 2 aromatic rings. The van der Waals surface area contributed by atoms with Gasteiger partial charge in [-0.25, -0.2) is 0 Å². The van der Waals surface area contributed by atoms with Crippen LogP contribution in [-0.4, -0.2) is 25.9 Å². The van der Waals surface area contributed by atoms with E-state index in [1.807, 2.05) is 30.3 Å². The molecule has 0 aliphatic carbocycles. The van der Waals surface area contributed by atoms with Gasteiger partial charge in [-0.1, -0.05) is 34.1 Å². The normalized spacial score (nSPS) is 21.5. The van der Waals surface area contributed by atoms with Crippen LogP contribution in [0, 0.1) is 5.92 Å². The number of piperidine rings is 1. The SMILES string of the molecule is COc1cc(C2NN=C3CCNCC32)ccc1OCc1ccc(Br)cc1. The topological polar surface area (TPSA) is 54.9 Å². The van der Waals surface area contributed by atoms with Crippen LogP contribution in [0.2, 0.25) is 0 Å². The summed E-state index contributed by atoms with van der Waals surface area (Å²) in [7, 11) is 1.68. The Bertz CT molecular complexity index is 807. The first-order valence-corrected chi connectivity index (χ1v) is 9.62. The molecule has 1 fully saturated rings. The Balaban J connectivity index is 1.48. The lowest BCUT2D eigenvalue weighted by molar-refractivity contribution is 0.284. The number of rotatable bonds is 5. The summed E-state index contributed by atoms with van der Waals surface area (Å²) >= 11 is 3.45. The molecule has 4 rings (SSSR count). The smallest absolute Gasteiger partial charge is 0.161 e. The molecule has 2 N–H and O–H groups in total. The molecule has 0 spiro atoms. The van der Waals surface area contributed by atoms with Gasteiger partial charge in [0.25, 0.3) is 0 Å². The van der Waals surface area contributed by atoms with Crippen LogP contribution in [0.3, 0.4) is 0 Å². The Morgan fingerprint density at radius 3 is 2.81 bits per heavy atom. The fourth-order valence-electron chi connectivity index (χ4n) is 3.51. The number of hydrogen-bond acceptors (Lipinski definition) is 5. The monoisotopic (exact) mass is 415 g/mol. The predicted molar refractivity (Wildman–Crippen MR) is 106 cm³/mol. The first-order valence-electron chi connectivity index (χ1n) is 8.82. The van der Waals surface area contributed by atoms with Gasteiger partial charge < -0.3 is 20.2 Å². The van der Waals surface area contributed by atoms with Gasteiger partial charge in [-0.05, 0) is 35.4 Å². The third kappa shape index (κ3) is 3.57. The number of hydrogen-bond donors (Lipinski definition) is 2. The molecule has 1 saturated heterocycles. The molecule has 26 heavy (non-hydrogen) atoms. The van der Waals surface area contributed by atoms with Gasteiger partial charge in [0.2, 0.25) is 0 Å². The van der Waals surface area contributed by atoms with E-state index in [2.05, 4.69) is 43.9 Å². The maximum atomic E-state index is 5.98. The highest BCUT2D eigenvalue weighted by Gasteiger charge is 2.34. The van der Waals surface area contributed by atoms with Crippen molar-refractivity contribution in [3.63, 3.8) is 0 Å². The van der Waals surface area contributed by atoms with Crippen molar-refractivity contribution in [2.24, 2.45) is 11.0 Å². The summed E-state index contributed by atoms with van der Waals surface area (Å²) in [6.45, 7) is 2.47. The van der Waals surface area contributed by atoms with E-state index in [-0.39, 0.29) is 6.04 Å². The largest absolute Gasteiger partial charge is 0.493 e. The van der Waals surface area contributed by atoms with Gasteiger partial charge in [-0.3, -0.25) is 0 Å². The first kappa shape index (κ1) is 17.4. The van der Waals surface area contributed by atoms with Crippen molar-refractivity contribution in [1.82, 2.24) is 10.7 Å². The van der Waals surface area contributed by atoms with Crippen LogP contribution < -0.4 is 20.2 Å².